The number of hydrogen-bond donors (Lipinski definition) is 2. The van der Waals surface area contributed by atoms with Gasteiger partial charge in [0.2, 0.25) is 5.91 Å². The third kappa shape index (κ3) is 4.17. The fraction of sp³-hybridized carbons (Fsp3) is 0.111. The largest absolute Gasteiger partial charge is 0.350 e. The molecule has 0 fully saturated rings. The molecule has 0 saturated heterocycles. The molecule has 7 nitrogen and oxygen atoms in total. The summed E-state index contributed by atoms with van der Waals surface area (Å²) in [5.41, 5.74) is 5.06. The molecule has 0 aromatic heterocycles. The van der Waals surface area contributed by atoms with Crippen molar-refractivity contribution in [2.24, 2.45) is 0 Å². The summed E-state index contributed by atoms with van der Waals surface area (Å²) in [5, 5.41) is 15.0. The van der Waals surface area contributed by atoms with Gasteiger partial charge in [0.05, 0.1) is 22.9 Å². The van der Waals surface area contributed by atoms with Crippen LogP contribution in [0, 0.1) is 25.2 Å². The summed E-state index contributed by atoms with van der Waals surface area (Å²) in [5.74, 6) is -1.17. The lowest BCUT2D eigenvalue weighted by Gasteiger charge is -2.16. The number of nitrogens with zero attached hydrogens (tertiary/aromatic N) is 2. The number of amides is 3. The van der Waals surface area contributed by atoms with Gasteiger partial charge in [-0.1, -0.05) is 24.3 Å². The lowest BCUT2D eigenvalue weighted by molar-refractivity contribution is -0.120. The van der Waals surface area contributed by atoms with Gasteiger partial charge in [-0.05, 0) is 73.0 Å². The SMILES string of the molecule is CC(=O)Nc1ccc(C2=C(Nc3cccc(C)c3C)C(=O)N(c3ccc(C#N)cc3)C2=O)cc1. The molecule has 34 heavy (non-hydrogen) atoms. The molecule has 3 aromatic rings. The Morgan fingerprint density at radius 1 is 0.912 bits per heavy atom. The highest BCUT2D eigenvalue weighted by molar-refractivity contribution is 6.46. The molecular formula is C27H22N4O3. The van der Waals surface area contributed by atoms with Crippen molar-refractivity contribution in [1.29, 1.82) is 5.26 Å². The number of nitriles is 1. The normalized spacial score (nSPS) is 13.2. The molecule has 168 valence electrons. The first kappa shape index (κ1) is 22.5. The van der Waals surface area contributed by atoms with Crippen LogP contribution in [0.5, 0.6) is 0 Å². The van der Waals surface area contributed by atoms with Crippen molar-refractivity contribution >= 4 is 40.4 Å². The number of nitrogens with one attached hydrogen (secondary N) is 2. The van der Waals surface area contributed by atoms with Gasteiger partial charge in [0.1, 0.15) is 5.70 Å². The number of benzene rings is 3. The number of rotatable bonds is 5. The van der Waals surface area contributed by atoms with Crippen LogP contribution in [0.4, 0.5) is 17.1 Å². The van der Waals surface area contributed by atoms with Crippen LogP contribution in [0.1, 0.15) is 29.2 Å². The molecule has 0 atom stereocenters. The van der Waals surface area contributed by atoms with E-state index in [4.69, 9.17) is 5.26 Å². The van der Waals surface area contributed by atoms with E-state index in [1.54, 1.807) is 48.5 Å². The Labute approximate surface area is 197 Å². The van der Waals surface area contributed by atoms with Crippen LogP contribution in [0.2, 0.25) is 0 Å². The Hall–Kier alpha value is -4.70. The van der Waals surface area contributed by atoms with Gasteiger partial charge in [-0.15, -0.1) is 0 Å². The van der Waals surface area contributed by atoms with E-state index in [2.05, 4.69) is 10.6 Å². The van der Waals surface area contributed by atoms with Gasteiger partial charge >= 0.3 is 0 Å². The molecule has 1 aliphatic heterocycles. The Morgan fingerprint density at radius 3 is 2.21 bits per heavy atom. The summed E-state index contributed by atoms with van der Waals surface area (Å²) in [4.78, 5) is 39.5. The van der Waals surface area contributed by atoms with Crippen LogP contribution in [-0.2, 0) is 14.4 Å². The number of carbonyl (C=O) groups excluding carboxylic acids is 3. The molecule has 2 N–H and O–H groups in total. The van der Waals surface area contributed by atoms with Gasteiger partial charge in [0, 0.05) is 18.3 Å². The highest BCUT2D eigenvalue weighted by atomic mass is 16.2. The number of hydrogen-bond acceptors (Lipinski definition) is 5. The number of anilines is 3. The van der Waals surface area contributed by atoms with E-state index >= 15 is 0 Å². The standard InChI is InChI=1S/C27H22N4O3/c1-16-5-4-6-23(17(16)2)30-25-24(20-9-11-21(12-10-20)29-18(3)32)26(33)31(27(25)34)22-13-7-19(15-28)8-14-22/h4-14,30H,1-3H3,(H,29,32). The fourth-order valence-electron chi connectivity index (χ4n) is 3.78. The zero-order chi connectivity index (χ0) is 24.4. The molecule has 3 amide bonds. The average molecular weight is 450 g/mol. The highest BCUT2D eigenvalue weighted by Crippen LogP contribution is 2.35. The highest BCUT2D eigenvalue weighted by Gasteiger charge is 2.40. The lowest BCUT2D eigenvalue weighted by atomic mass is 10.0. The predicted octanol–water partition coefficient (Wildman–Crippen LogP) is 4.53. The molecule has 1 aliphatic rings. The van der Waals surface area contributed by atoms with E-state index < -0.39 is 11.8 Å². The minimum Gasteiger partial charge on any atom is -0.350 e. The Bertz CT molecular complexity index is 1380. The van der Waals surface area contributed by atoms with Crippen molar-refractivity contribution in [3.05, 3.63) is 94.7 Å². The molecule has 0 bridgehead atoms. The maximum atomic E-state index is 13.6. The number of aryl methyl sites for hydroxylation is 1. The minimum absolute atomic E-state index is 0.162. The molecule has 0 spiro atoms. The molecule has 1 heterocycles. The zero-order valence-corrected chi connectivity index (χ0v) is 19.0. The topological polar surface area (TPSA) is 102 Å². The van der Waals surface area contributed by atoms with Gasteiger partial charge in [0.15, 0.2) is 0 Å². The third-order valence-corrected chi connectivity index (χ3v) is 5.70. The first-order valence-corrected chi connectivity index (χ1v) is 10.6. The summed E-state index contributed by atoms with van der Waals surface area (Å²) in [6.07, 6.45) is 0. The summed E-state index contributed by atoms with van der Waals surface area (Å²) < 4.78 is 0. The van der Waals surface area contributed by atoms with E-state index in [-0.39, 0.29) is 17.2 Å². The first-order valence-electron chi connectivity index (χ1n) is 10.6. The monoisotopic (exact) mass is 450 g/mol. The van der Waals surface area contributed by atoms with E-state index in [9.17, 15) is 14.4 Å². The quantitative estimate of drug-likeness (QED) is 0.556. The van der Waals surface area contributed by atoms with Crippen molar-refractivity contribution < 1.29 is 14.4 Å². The van der Waals surface area contributed by atoms with Gasteiger partial charge in [-0.25, -0.2) is 4.90 Å². The zero-order valence-electron chi connectivity index (χ0n) is 19.0. The molecule has 0 saturated carbocycles. The van der Waals surface area contributed by atoms with Crippen molar-refractivity contribution in [2.75, 3.05) is 15.5 Å². The summed E-state index contributed by atoms with van der Waals surface area (Å²) >= 11 is 0. The molecule has 0 unspecified atom stereocenters. The molecule has 0 aliphatic carbocycles. The minimum atomic E-state index is -0.489. The van der Waals surface area contributed by atoms with Gasteiger partial charge in [0.25, 0.3) is 11.8 Å². The van der Waals surface area contributed by atoms with Crippen LogP contribution in [0.25, 0.3) is 5.57 Å². The Balaban J connectivity index is 1.80. The van der Waals surface area contributed by atoms with Crippen molar-refractivity contribution in [2.45, 2.75) is 20.8 Å². The van der Waals surface area contributed by atoms with E-state index in [0.29, 0.717) is 22.5 Å². The fourth-order valence-corrected chi connectivity index (χ4v) is 3.78. The molecule has 7 heteroatoms. The number of carbonyl (C=O) groups is 3. The van der Waals surface area contributed by atoms with Gasteiger partial charge in [-0.2, -0.15) is 5.26 Å². The van der Waals surface area contributed by atoms with Crippen molar-refractivity contribution in [1.82, 2.24) is 0 Å². The van der Waals surface area contributed by atoms with Crippen LogP contribution in [-0.4, -0.2) is 17.7 Å². The molecular weight excluding hydrogens is 428 g/mol. The maximum Gasteiger partial charge on any atom is 0.282 e. The second-order valence-corrected chi connectivity index (χ2v) is 7.99. The Morgan fingerprint density at radius 2 is 1.59 bits per heavy atom. The van der Waals surface area contributed by atoms with Gasteiger partial charge in [-0.3, -0.25) is 14.4 Å². The van der Waals surface area contributed by atoms with E-state index in [0.717, 1.165) is 21.7 Å². The van der Waals surface area contributed by atoms with Crippen molar-refractivity contribution in [3.8, 4) is 6.07 Å². The van der Waals surface area contributed by atoms with Crippen LogP contribution < -0.4 is 15.5 Å². The average Bonchev–Trinajstić information content (AvgIpc) is 3.06. The Kier molecular flexibility index (Phi) is 5.98. The third-order valence-electron chi connectivity index (χ3n) is 5.70. The van der Waals surface area contributed by atoms with Crippen LogP contribution in [0.3, 0.4) is 0 Å². The second-order valence-electron chi connectivity index (χ2n) is 7.99. The summed E-state index contributed by atoms with van der Waals surface area (Å²) in [6.45, 7) is 5.33. The van der Waals surface area contributed by atoms with Crippen LogP contribution in [0.15, 0.2) is 72.4 Å². The van der Waals surface area contributed by atoms with Crippen LogP contribution >= 0.6 is 0 Å². The lowest BCUT2D eigenvalue weighted by Crippen LogP contribution is -2.32. The second kappa shape index (κ2) is 9.04. The molecule has 4 rings (SSSR count). The van der Waals surface area contributed by atoms with Gasteiger partial charge < -0.3 is 10.6 Å². The predicted molar refractivity (Wildman–Crippen MR) is 131 cm³/mol. The summed E-state index contributed by atoms with van der Waals surface area (Å²) in [6, 6.07) is 20.8. The molecule has 3 aromatic carbocycles. The number of imide groups is 1. The van der Waals surface area contributed by atoms with E-state index in [1.807, 2.05) is 38.1 Å². The van der Waals surface area contributed by atoms with E-state index in [1.165, 1.54) is 6.92 Å². The van der Waals surface area contributed by atoms with Crippen molar-refractivity contribution in [3.63, 3.8) is 0 Å². The first-order chi connectivity index (χ1) is 16.3. The summed E-state index contributed by atoms with van der Waals surface area (Å²) in [7, 11) is 0. The maximum absolute atomic E-state index is 13.6. The smallest absolute Gasteiger partial charge is 0.282 e. The molecule has 0 radical (unpaired) electrons.